The second-order valence-electron chi connectivity index (χ2n) is 19.7. The summed E-state index contributed by atoms with van der Waals surface area (Å²) in [7, 11) is 0. The molecule has 464 valence electrons. The van der Waals surface area contributed by atoms with Crippen LogP contribution in [0.15, 0.2) is 0 Å². The fourth-order valence-corrected chi connectivity index (χ4v) is 10.5. The molecule has 0 spiro atoms. The Hall–Kier alpha value is -2.06. The average molecular weight is 1290 g/mol. The number of aliphatic hydroxyl groups excluding tert-OH is 18. The summed E-state index contributed by atoms with van der Waals surface area (Å²) in [5, 5.41) is 210. The lowest BCUT2D eigenvalue weighted by atomic mass is 9.88. The van der Waals surface area contributed by atoms with Crippen molar-refractivity contribution in [3.63, 3.8) is 0 Å². The first kappa shape index (κ1) is 67.1. The molecule has 2 amide bonds. The van der Waals surface area contributed by atoms with Gasteiger partial charge in [0.2, 0.25) is 11.8 Å². The van der Waals surface area contributed by atoms with E-state index < -0.39 is 254 Å². The number of aliphatic hydroxyl groups is 18. The van der Waals surface area contributed by atoms with Gasteiger partial charge in [-0.25, -0.2) is 4.79 Å². The van der Waals surface area contributed by atoms with Crippen LogP contribution >= 0.6 is 23.0 Å². The smallest absolute Gasteiger partial charge is 0.364 e. The summed E-state index contributed by atoms with van der Waals surface area (Å²) < 4.78 is 67.8. The zero-order valence-corrected chi connectivity index (χ0v) is 44.4. The van der Waals surface area contributed by atoms with E-state index in [9.17, 15) is 111 Å². The van der Waals surface area contributed by atoms with Crippen molar-refractivity contribution in [3.8, 4) is 0 Å². The van der Waals surface area contributed by atoms with Gasteiger partial charge in [-0.15, -0.1) is 0 Å². The normalized spacial score (nSPS) is 47.2. The molecule has 0 aromatic carbocycles. The summed E-state index contributed by atoms with van der Waals surface area (Å²) in [6.45, 7) is -4.40. The number of carboxylic acids is 1. The molecule has 6 saturated heterocycles. The topological polar surface area (TPSA) is 570 Å². The van der Waals surface area contributed by atoms with E-state index in [2.05, 4.69) is 10.6 Å². The second-order valence-corrected chi connectivity index (χ2v) is 20.2. The van der Waals surface area contributed by atoms with E-state index in [-0.39, 0.29) is 0 Å². The Labute approximate surface area is 466 Å². The molecule has 37 heteroatoms. The molecule has 0 saturated carbocycles. The molecule has 13 unspecified atom stereocenters. The molecule has 6 rings (SSSR count). The summed E-state index contributed by atoms with van der Waals surface area (Å²) in [5.41, 5.74) is 0. The Morgan fingerprint density at radius 1 is 0.512 bits per heavy atom. The summed E-state index contributed by atoms with van der Waals surface area (Å²) >= 11 is 1.38. The third kappa shape index (κ3) is 14.3. The molecule has 6 fully saturated rings. The van der Waals surface area contributed by atoms with Crippen molar-refractivity contribution in [2.75, 3.05) is 39.6 Å². The molecule has 6 heterocycles. The highest BCUT2D eigenvalue weighted by Gasteiger charge is 2.61. The standard InChI is InChI=1S/C43H71IN2O34/c1-10(53)45-19-12(55)3-43(42(67)68,78-34(19)21(57)13(56)4-47)79-36-24(60)16(7-50)71-40(30(36)66)76-33-20(46-11(2)54)37(69-14(5-48)22(33)58)77-35-23(59)15(6-49)70-39(29(35)65)75-31-17(8-51)72-38(27(63)25(31)61)74-32-18(9-52)73-41(80-44)28(64)26(32)62/h12-41,47-52,55-66H,3-9H2,1-2H3,(H,45,53)(H,46,54)(H,67,68)/t12-,13-,14?,15?,16?,17?,18?,19-,20?,21-,22+,23+,24+,25?,26?,27+,28+,29?,30+,31+,32-,33?,34?,35?,36?,37+,38+,39-,40+,41+,43+/m1/s1. The van der Waals surface area contributed by atoms with Crippen molar-refractivity contribution in [1.82, 2.24) is 10.6 Å². The van der Waals surface area contributed by atoms with Gasteiger partial charge in [-0.05, 0) is 0 Å². The number of hydrogen-bond acceptors (Lipinski definition) is 33. The number of carbonyl (C=O) groups excluding carboxylic acids is 2. The molecule has 31 atom stereocenters. The first-order valence-electron chi connectivity index (χ1n) is 24.9. The van der Waals surface area contributed by atoms with Crippen molar-refractivity contribution in [3.05, 3.63) is 0 Å². The summed E-state index contributed by atoms with van der Waals surface area (Å²) in [6.07, 6.45) is -57.2. The number of halogens is 1. The van der Waals surface area contributed by atoms with Crippen molar-refractivity contribution in [2.45, 2.75) is 210 Å². The van der Waals surface area contributed by atoms with E-state index in [1.54, 1.807) is 0 Å². The first-order valence-corrected chi connectivity index (χ1v) is 25.8. The average Bonchev–Trinajstić information content (AvgIpc) is 3.60. The highest BCUT2D eigenvalue weighted by molar-refractivity contribution is 14.1. The van der Waals surface area contributed by atoms with Gasteiger partial charge in [0.1, 0.15) is 163 Å². The highest BCUT2D eigenvalue weighted by atomic mass is 127. The molecule has 6 aliphatic heterocycles. The molecule has 0 aromatic rings. The third-order valence-electron chi connectivity index (χ3n) is 14.3. The fourth-order valence-electron chi connectivity index (χ4n) is 10.1. The Morgan fingerprint density at radius 2 is 0.900 bits per heavy atom. The molecule has 0 aromatic heterocycles. The monoisotopic (exact) mass is 1290 g/mol. The Balaban J connectivity index is 1.25. The lowest BCUT2D eigenvalue weighted by Gasteiger charge is -2.51. The molecular weight excluding hydrogens is 1220 g/mol. The van der Waals surface area contributed by atoms with Gasteiger partial charge in [0.25, 0.3) is 5.79 Å². The van der Waals surface area contributed by atoms with Gasteiger partial charge in [0.15, 0.2) is 31.5 Å². The largest absolute Gasteiger partial charge is 0.477 e. The number of ether oxygens (including phenoxy) is 11. The number of rotatable bonds is 22. The van der Waals surface area contributed by atoms with Crippen LogP contribution in [0.5, 0.6) is 0 Å². The Bertz CT molecular complexity index is 1990. The summed E-state index contributed by atoms with van der Waals surface area (Å²) in [6, 6.07) is -3.59. The van der Waals surface area contributed by atoms with Crippen molar-refractivity contribution >= 4 is 40.8 Å². The first-order chi connectivity index (χ1) is 37.8. The maximum atomic E-state index is 13.1. The van der Waals surface area contributed by atoms with Crippen LogP contribution in [0.4, 0.5) is 0 Å². The highest BCUT2D eigenvalue weighted by Crippen LogP contribution is 2.40. The maximum Gasteiger partial charge on any atom is 0.364 e. The van der Waals surface area contributed by atoms with Gasteiger partial charge in [0.05, 0.1) is 51.8 Å². The Morgan fingerprint density at radius 3 is 1.36 bits per heavy atom. The lowest BCUT2D eigenvalue weighted by molar-refractivity contribution is -0.392. The van der Waals surface area contributed by atoms with Gasteiger partial charge in [-0.2, -0.15) is 0 Å². The van der Waals surface area contributed by atoms with Crippen LogP contribution in [0, 0.1) is 0 Å². The van der Waals surface area contributed by atoms with E-state index in [1.165, 1.54) is 23.0 Å². The van der Waals surface area contributed by atoms with Gasteiger partial charge >= 0.3 is 5.97 Å². The second kappa shape index (κ2) is 28.9. The molecule has 36 nitrogen and oxygen atoms in total. The van der Waals surface area contributed by atoms with Crippen LogP contribution in [-0.4, -0.2) is 344 Å². The van der Waals surface area contributed by atoms with Gasteiger partial charge in [-0.1, -0.05) is 0 Å². The minimum Gasteiger partial charge on any atom is -0.477 e. The van der Waals surface area contributed by atoms with E-state index >= 15 is 0 Å². The molecular formula is C43H71IN2O34. The van der Waals surface area contributed by atoms with Gasteiger partial charge in [0, 0.05) is 20.3 Å². The van der Waals surface area contributed by atoms with Crippen molar-refractivity contribution < 1.29 is 167 Å². The van der Waals surface area contributed by atoms with Crippen LogP contribution in [0.1, 0.15) is 20.3 Å². The predicted molar refractivity (Wildman–Crippen MR) is 252 cm³/mol. The van der Waals surface area contributed by atoms with Crippen molar-refractivity contribution in [2.24, 2.45) is 0 Å². The number of carbonyl (C=O) groups is 3. The van der Waals surface area contributed by atoms with Crippen LogP contribution in [0.2, 0.25) is 0 Å². The van der Waals surface area contributed by atoms with Crippen LogP contribution in [-0.2, 0) is 69.6 Å². The SMILES string of the molecule is CC(=O)NC1C(O[C@@H]2OC(CO)[C@H](O)C(O[C@]3(C(=O)O)C[C@@H](O)[C@@H](NC(C)=O)C([C@H](O)[C@H](O)CO)O3)[C@@H]2O)[C@@H](O)C(CO)O[C@H]1OC1C(O)[C@@H](O[C@H]2C(CO)O[C@@H](O[C@@H]3C(CO)O[C@@H](OI)[C@@H](O)C3O)[C@@H](O)C2O)OC(CO)[C@@H]1O. The zero-order chi connectivity index (χ0) is 59.4. The molecule has 21 N–H and O–H groups in total. The fraction of sp³-hybridized carbons (Fsp3) is 0.930. The van der Waals surface area contributed by atoms with E-state index in [0.29, 0.717) is 0 Å². The quantitative estimate of drug-likeness (QED) is 0.0448. The van der Waals surface area contributed by atoms with E-state index in [0.717, 1.165) is 13.8 Å². The third-order valence-corrected chi connectivity index (χ3v) is 14.8. The van der Waals surface area contributed by atoms with Crippen molar-refractivity contribution in [1.29, 1.82) is 0 Å². The van der Waals surface area contributed by atoms with Crippen LogP contribution in [0.3, 0.4) is 0 Å². The van der Waals surface area contributed by atoms with Crippen LogP contribution < -0.4 is 10.6 Å². The number of carboxylic acid groups (broad SMARTS) is 1. The van der Waals surface area contributed by atoms with Crippen LogP contribution in [0.25, 0.3) is 0 Å². The Kier molecular flexibility index (Phi) is 24.2. The molecule has 80 heavy (non-hydrogen) atoms. The number of amides is 2. The minimum absolute atomic E-state index is 0.819. The molecule has 0 radical (unpaired) electrons. The lowest BCUT2D eigenvalue weighted by Crippen LogP contribution is -2.71. The zero-order valence-electron chi connectivity index (χ0n) is 42.3. The van der Waals surface area contributed by atoms with E-state index in [4.69, 9.17) is 55.2 Å². The summed E-state index contributed by atoms with van der Waals surface area (Å²) in [4.78, 5) is 38.0. The maximum absolute atomic E-state index is 13.1. The van der Waals surface area contributed by atoms with Gasteiger partial charge < -0.3 is 160 Å². The number of nitrogens with one attached hydrogen (secondary N) is 2. The number of aliphatic carboxylic acids is 1. The van der Waals surface area contributed by atoms with Gasteiger partial charge in [-0.3, -0.25) is 12.7 Å². The molecule has 6 aliphatic rings. The molecule has 0 bridgehead atoms. The summed E-state index contributed by atoms with van der Waals surface area (Å²) in [5.74, 6) is -7.10. The number of hydrogen-bond donors (Lipinski definition) is 21. The van der Waals surface area contributed by atoms with E-state index in [1.807, 2.05) is 0 Å². The minimum atomic E-state index is -3.22. The molecule has 0 aliphatic carbocycles. The predicted octanol–water partition coefficient (Wildman–Crippen LogP) is -13.2.